The summed E-state index contributed by atoms with van der Waals surface area (Å²) in [6, 6.07) is 6.78. The number of hydrogen-bond donors (Lipinski definition) is 2. The number of aromatic nitrogens is 4. The van der Waals surface area contributed by atoms with Crippen LogP contribution in [0.25, 0.3) is 22.1 Å². The molecule has 4 rings (SSSR count). The summed E-state index contributed by atoms with van der Waals surface area (Å²) in [6.07, 6.45) is 4.10. The van der Waals surface area contributed by atoms with Crippen molar-refractivity contribution < 1.29 is 9.59 Å². The Morgan fingerprint density at radius 3 is 2.79 bits per heavy atom. The molecule has 2 amide bonds. The van der Waals surface area contributed by atoms with E-state index in [0.717, 1.165) is 11.9 Å². The van der Waals surface area contributed by atoms with Crippen LogP contribution in [0.15, 0.2) is 36.7 Å². The molecule has 3 heterocycles. The number of hydrogen-bond acceptors (Lipinski definition) is 4. The number of imidazole rings is 1. The lowest BCUT2D eigenvalue weighted by Crippen LogP contribution is -2.16. The third-order valence-electron chi connectivity index (χ3n) is 4.73. The van der Waals surface area contributed by atoms with Crippen LogP contribution >= 0.6 is 11.6 Å². The minimum absolute atomic E-state index is 0.317. The molecule has 1 aromatic carbocycles. The summed E-state index contributed by atoms with van der Waals surface area (Å²) in [6.45, 7) is 2.69. The second-order valence-electron chi connectivity index (χ2n) is 6.79. The van der Waals surface area contributed by atoms with Crippen molar-refractivity contribution in [1.82, 2.24) is 19.1 Å². The zero-order chi connectivity index (χ0) is 20.7. The highest BCUT2D eigenvalue weighted by Gasteiger charge is 2.19. The van der Waals surface area contributed by atoms with Gasteiger partial charge in [0.25, 0.3) is 5.91 Å². The molecule has 4 aromatic rings. The van der Waals surface area contributed by atoms with E-state index in [0.29, 0.717) is 45.2 Å². The summed E-state index contributed by atoms with van der Waals surface area (Å²) in [5, 5.41) is 4.00. The van der Waals surface area contributed by atoms with Crippen LogP contribution < -0.4 is 11.1 Å². The van der Waals surface area contributed by atoms with Crippen LogP contribution in [0.4, 0.5) is 5.95 Å². The number of nitrogens with two attached hydrogens (primary N) is 1. The lowest BCUT2D eigenvalue weighted by atomic mass is 10.2. The summed E-state index contributed by atoms with van der Waals surface area (Å²) < 4.78 is 3.68. The molecular formula is C20H19ClN6O2. The normalized spacial score (nSPS) is 11.3. The molecular weight excluding hydrogens is 392 g/mol. The number of anilines is 1. The van der Waals surface area contributed by atoms with Crippen molar-refractivity contribution in [3.63, 3.8) is 0 Å². The first-order chi connectivity index (χ1) is 13.9. The first-order valence-electron chi connectivity index (χ1n) is 9.11. The third-order valence-corrected chi connectivity index (χ3v) is 4.94. The number of rotatable bonds is 5. The van der Waals surface area contributed by atoms with Crippen molar-refractivity contribution in [3.05, 3.63) is 52.8 Å². The lowest BCUT2D eigenvalue weighted by Gasteiger charge is -2.08. The second kappa shape index (κ2) is 7.21. The molecule has 0 bridgehead atoms. The molecule has 0 saturated carbocycles. The quantitative estimate of drug-likeness (QED) is 0.526. The highest BCUT2D eigenvalue weighted by molar-refractivity contribution is 6.31. The Hall–Kier alpha value is -3.39. The van der Waals surface area contributed by atoms with Gasteiger partial charge in [0, 0.05) is 36.9 Å². The smallest absolute Gasteiger partial charge is 0.260 e. The lowest BCUT2D eigenvalue weighted by molar-refractivity contribution is 0.0997. The molecule has 0 spiro atoms. The average Bonchev–Trinajstić information content (AvgIpc) is 3.19. The number of halogens is 1. The van der Waals surface area contributed by atoms with E-state index >= 15 is 0 Å². The zero-order valence-electron chi connectivity index (χ0n) is 15.9. The summed E-state index contributed by atoms with van der Waals surface area (Å²) in [4.78, 5) is 33.3. The van der Waals surface area contributed by atoms with Gasteiger partial charge in [0.05, 0.1) is 21.6 Å². The number of nitrogens with one attached hydrogen (secondary N) is 1. The summed E-state index contributed by atoms with van der Waals surface area (Å²) in [5.74, 6) is -0.439. The number of benzene rings is 1. The summed E-state index contributed by atoms with van der Waals surface area (Å²) in [7, 11) is 1.82. The Balaban J connectivity index is 1.77. The molecule has 9 heteroatoms. The Morgan fingerprint density at radius 1 is 1.28 bits per heavy atom. The van der Waals surface area contributed by atoms with Crippen molar-refractivity contribution in [3.8, 4) is 0 Å². The van der Waals surface area contributed by atoms with E-state index in [-0.39, 0.29) is 5.91 Å². The molecule has 0 radical (unpaired) electrons. The van der Waals surface area contributed by atoms with Crippen molar-refractivity contribution >= 4 is 51.4 Å². The Labute approximate surface area is 171 Å². The summed E-state index contributed by atoms with van der Waals surface area (Å²) >= 11 is 6.07. The molecule has 3 N–H and O–H groups in total. The number of nitrogens with zero attached hydrogens (tertiary/aromatic N) is 4. The van der Waals surface area contributed by atoms with Gasteiger partial charge >= 0.3 is 0 Å². The van der Waals surface area contributed by atoms with Gasteiger partial charge in [0.2, 0.25) is 11.9 Å². The maximum Gasteiger partial charge on any atom is 0.260 e. The number of carbonyl (C=O) groups is 2. The van der Waals surface area contributed by atoms with Gasteiger partial charge in [-0.3, -0.25) is 14.9 Å². The molecule has 29 heavy (non-hydrogen) atoms. The molecule has 0 aliphatic rings. The van der Waals surface area contributed by atoms with E-state index < -0.39 is 5.91 Å². The van der Waals surface area contributed by atoms with E-state index in [1.807, 2.05) is 18.5 Å². The van der Waals surface area contributed by atoms with E-state index in [9.17, 15) is 9.59 Å². The first-order valence-corrected chi connectivity index (χ1v) is 9.49. The van der Waals surface area contributed by atoms with Crippen LogP contribution in [0.1, 0.15) is 34.1 Å². The highest BCUT2D eigenvalue weighted by Crippen LogP contribution is 2.25. The van der Waals surface area contributed by atoms with Crippen molar-refractivity contribution in [2.24, 2.45) is 12.8 Å². The van der Waals surface area contributed by atoms with Crippen LogP contribution in [0.3, 0.4) is 0 Å². The SMILES string of the molecule is CCCn1c(NC(=O)c2cn(C)c3ncc(Cl)cc23)nc2cc(C(N)=O)ccc21. The molecule has 8 nitrogen and oxygen atoms in total. The van der Waals surface area contributed by atoms with Crippen molar-refractivity contribution in [2.45, 2.75) is 19.9 Å². The number of fused-ring (bicyclic) bond motifs is 2. The molecule has 0 unspecified atom stereocenters. The van der Waals surface area contributed by atoms with Gasteiger partial charge in [-0.1, -0.05) is 18.5 Å². The van der Waals surface area contributed by atoms with Crippen LogP contribution in [-0.2, 0) is 13.6 Å². The molecule has 0 aliphatic carbocycles. The topological polar surface area (TPSA) is 108 Å². The van der Waals surface area contributed by atoms with Gasteiger partial charge in [-0.15, -0.1) is 0 Å². The van der Waals surface area contributed by atoms with Crippen molar-refractivity contribution in [2.75, 3.05) is 5.32 Å². The predicted molar refractivity (Wildman–Crippen MR) is 112 cm³/mol. The number of amides is 2. The monoisotopic (exact) mass is 410 g/mol. The van der Waals surface area contributed by atoms with Crippen LogP contribution in [0, 0.1) is 0 Å². The minimum Gasteiger partial charge on any atom is -0.366 e. The predicted octanol–water partition coefficient (Wildman–Crippen LogP) is 3.34. The standard InChI is InChI=1S/C20H19ClN6O2/c1-3-6-27-16-5-4-11(17(22)28)7-15(16)24-20(27)25-19(29)14-10-26(2)18-13(14)8-12(21)9-23-18/h4-5,7-10H,3,6H2,1-2H3,(H2,22,28)(H,24,25,29). The van der Waals surface area contributed by atoms with Crippen LogP contribution in [0.2, 0.25) is 5.02 Å². The van der Waals surface area contributed by atoms with Gasteiger partial charge in [-0.05, 0) is 30.7 Å². The van der Waals surface area contributed by atoms with Gasteiger partial charge in [-0.25, -0.2) is 9.97 Å². The largest absolute Gasteiger partial charge is 0.366 e. The van der Waals surface area contributed by atoms with E-state index in [4.69, 9.17) is 17.3 Å². The average molecular weight is 411 g/mol. The number of aryl methyl sites for hydroxylation is 2. The first kappa shape index (κ1) is 18.9. The third kappa shape index (κ3) is 3.31. The molecule has 0 atom stereocenters. The zero-order valence-corrected chi connectivity index (χ0v) is 16.7. The second-order valence-corrected chi connectivity index (χ2v) is 7.22. The molecule has 0 saturated heterocycles. The van der Waals surface area contributed by atoms with Crippen LogP contribution in [-0.4, -0.2) is 30.9 Å². The fraction of sp³-hybridized carbons (Fsp3) is 0.200. The van der Waals surface area contributed by atoms with E-state index in [1.165, 1.54) is 0 Å². The fourth-order valence-corrected chi connectivity index (χ4v) is 3.57. The molecule has 3 aromatic heterocycles. The minimum atomic E-state index is -0.525. The van der Waals surface area contributed by atoms with E-state index in [1.54, 1.807) is 41.2 Å². The maximum absolute atomic E-state index is 13.0. The number of primary amides is 1. The van der Waals surface area contributed by atoms with Gasteiger partial charge in [0.1, 0.15) is 5.65 Å². The number of carbonyl (C=O) groups excluding carboxylic acids is 2. The molecule has 0 aliphatic heterocycles. The Bertz CT molecular complexity index is 1270. The highest BCUT2D eigenvalue weighted by atomic mass is 35.5. The fourth-order valence-electron chi connectivity index (χ4n) is 3.41. The van der Waals surface area contributed by atoms with Crippen LogP contribution in [0.5, 0.6) is 0 Å². The van der Waals surface area contributed by atoms with Gasteiger partial charge < -0.3 is 14.9 Å². The van der Waals surface area contributed by atoms with E-state index in [2.05, 4.69) is 15.3 Å². The Morgan fingerprint density at radius 2 is 2.07 bits per heavy atom. The maximum atomic E-state index is 13.0. The Kier molecular flexibility index (Phi) is 4.71. The van der Waals surface area contributed by atoms with Crippen molar-refractivity contribution in [1.29, 1.82) is 0 Å². The molecule has 148 valence electrons. The number of pyridine rings is 1. The summed E-state index contributed by atoms with van der Waals surface area (Å²) in [5.41, 5.74) is 8.25. The van der Waals surface area contributed by atoms with Gasteiger partial charge in [-0.2, -0.15) is 0 Å². The molecule has 0 fully saturated rings. The van der Waals surface area contributed by atoms with Gasteiger partial charge in [0.15, 0.2) is 0 Å².